The summed E-state index contributed by atoms with van der Waals surface area (Å²) < 4.78 is 0. The smallest absolute Gasteiger partial charge is 0.139 e. The molecule has 2 aliphatic rings. The SMILES string of the molecule is C=C(C)CC1C(=O)[C@@H]2CC[C@H]1C2. The van der Waals surface area contributed by atoms with Crippen LogP contribution in [0.3, 0.4) is 0 Å². The van der Waals surface area contributed by atoms with Gasteiger partial charge in [0.2, 0.25) is 0 Å². The fourth-order valence-electron chi connectivity index (χ4n) is 2.82. The van der Waals surface area contributed by atoms with Crippen LogP contribution in [0.1, 0.15) is 32.6 Å². The van der Waals surface area contributed by atoms with Crippen LogP contribution >= 0.6 is 0 Å². The number of Topliss-reactive ketones (excluding diaryl/α,β-unsaturated/α-hetero) is 1. The van der Waals surface area contributed by atoms with Crippen LogP contribution in [0.25, 0.3) is 0 Å². The third-order valence-electron chi connectivity index (χ3n) is 3.38. The third kappa shape index (κ3) is 1.12. The molecule has 0 amide bonds. The number of rotatable bonds is 2. The Morgan fingerprint density at radius 3 is 2.83 bits per heavy atom. The fraction of sp³-hybridized carbons (Fsp3) is 0.727. The van der Waals surface area contributed by atoms with Gasteiger partial charge < -0.3 is 0 Å². The Kier molecular flexibility index (Phi) is 1.82. The minimum atomic E-state index is 0.348. The van der Waals surface area contributed by atoms with Crippen molar-refractivity contribution >= 4 is 5.78 Å². The monoisotopic (exact) mass is 164 g/mol. The van der Waals surface area contributed by atoms with Gasteiger partial charge in [-0.25, -0.2) is 0 Å². The molecule has 0 heterocycles. The number of carbonyl (C=O) groups excluding carboxylic acids is 1. The molecule has 0 spiro atoms. The Balaban J connectivity index is 2.07. The van der Waals surface area contributed by atoms with Gasteiger partial charge in [0.05, 0.1) is 0 Å². The Labute approximate surface area is 73.8 Å². The van der Waals surface area contributed by atoms with Crippen LogP contribution in [0, 0.1) is 17.8 Å². The van der Waals surface area contributed by atoms with E-state index in [2.05, 4.69) is 6.58 Å². The Morgan fingerprint density at radius 1 is 1.58 bits per heavy atom. The average molecular weight is 164 g/mol. The molecule has 3 atom stereocenters. The molecule has 0 N–H and O–H groups in total. The zero-order chi connectivity index (χ0) is 8.72. The van der Waals surface area contributed by atoms with Crippen molar-refractivity contribution in [2.45, 2.75) is 32.6 Å². The normalized spacial score (nSPS) is 39.1. The van der Waals surface area contributed by atoms with Crippen molar-refractivity contribution in [1.29, 1.82) is 0 Å². The number of hydrogen-bond donors (Lipinski definition) is 0. The van der Waals surface area contributed by atoms with Crippen molar-refractivity contribution in [3.05, 3.63) is 12.2 Å². The van der Waals surface area contributed by atoms with Crippen LogP contribution in [0.15, 0.2) is 12.2 Å². The molecule has 0 aromatic heterocycles. The molecule has 1 heteroatoms. The molecule has 66 valence electrons. The summed E-state index contributed by atoms with van der Waals surface area (Å²) in [5.74, 6) is 2.02. The molecular weight excluding hydrogens is 148 g/mol. The molecule has 2 saturated carbocycles. The van der Waals surface area contributed by atoms with Crippen molar-refractivity contribution in [2.24, 2.45) is 17.8 Å². The van der Waals surface area contributed by atoms with E-state index in [4.69, 9.17) is 0 Å². The third-order valence-corrected chi connectivity index (χ3v) is 3.38. The average Bonchev–Trinajstić information content (AvgIpc) is 2.53. The lowest BCUT2D eigenvalue weighted by atomic mass is 9.84. The van der Waals surface area contributed by atoms with Crippen LogP contribution in [-0.4, -0.2) is 5.78 Å². The maximum atomic E-state index is 11.7. The summed E-state index contributed by atoms with van der Waals surface area (Å²) in [5, 5.41) is 0. The number of allylic oxidation sites excluding steroid dienone is 1. The van der Waals surface area contributed by atoms with Crippen LogP contribution in [-0.2, 0) is 4.79 Å². The van der Waals surface area contributed by atoms with Gasteiger partial charge >= 0.3 is 0 Å². The van der Waals surface area contributed by atoms with Crippen molar-refractivity contribution in [1.82, 2.24) is 0 Å². The molecule has 0 saturated heterocycles. The van der Waals surface area contributed by atoms with Crippen LogP contribution in [0.2, 0.25) is 0 Å². The van der Waals surface area contributed by atoms with Gasteiger partial charge in [0.1, 0.15) is 5.78 Å². The number of hydrogen-bond acceptors (Lipinski definition) is 1. The van der Waals surface area contributed by atoms with E-state index in [0.717, 1.165) is 12.8 Å². The van der Waals surface area contributed by atoms with E-state index in [9.17, 15) is 4.79 Å². The fourth-order valence-corrected chi connectivity index (χ4v) is 2.82. The maximum Gasteiger partial charge on any atom is 0.139 e. The first-order valence-electron chi connectivity index (χ1n) is 4.86. The Bertz CT molecular complexity index is 229. The first-order chi connectivity index (χ1) is 5.68. The second-order valence-electron chi connectivity index (χ2n) is 4.44. The molecular formula is C11H16O. The summed E-state index contributed by atoms with van der Waals surface area (Å²) in [7, 11) is 0. The van der Waals surface area contributed by atoms with Gasteiger partial charge in [-0.15, -0.1) is 6.58 Å². The summed E-state index contributed by atoms with van der Waals surface area (Å²) in [6.45, 7) is 5.91. The molecule has 12 heavy (non-hydrogen) atoms. The summed E-state index contributed by atoms with van der Waals surface area (Å²) >= 11 is 0. The van der Waals surface area contributed by atoms with Crippen molar-refractivity contribution < 1.29 is 4.79 Å². The Morgan fingerprint density at radius 2 is 2.33 bits per heavy atom. The Hall–Kier alpha value is -0.590. The first kappa shape index (κ1) is 8.03. The zero-order valence-corrected chi connectivity index (χ0v) is 7.68. The summed E-state index contributed by atoms with van der Waals surface area (Å²) in [6.07, 6.45) is 4.57. The molecule has 0 aromatic rings. The van der Waals surface area contributed by atoms with E-state index in [1.165, 1.54) is 18.4 Å². The van der Waals surface area contributed by atoms with E-state index in [-0.39, 0.29) is 0 Å². The van der Waals surface area contributed by atoms with Crippen molar-refractivity contribution in [3.63, 3.8) is 0 Å². The molecule has 0 radical (unpaired) electrons. The summed E-state index contributed by atoms with van der Waals surface area (Å²) in [6, 6.07) is 0. The molecule has 2 bridgehead atoms. The predicted molar refractivity (Wildman–Crippen MR) is 48.8 cm³/mol. The van der Waals surface area contributed by atoms with Gasteiger partial charge in [-0.1, -0.05) is 5.57 Å². The van der Waals surface area contributed by atoms with Crippen LogP contribution in [0.5, 0.6) is 0 Å². The number of fused-ring (bicyclic) bond motifs is 2. The minimum absolute atomic E-state index is 0.348. The molecule has 1 nitrogen and oxygen atoms in total. The molecule has 0 aliphatic heterocycles. The van der Waals surface area contributed by atoms with Gasteiger partial charge in [0.15, 0.2) is 0 Å². The van der Waals surface area contributed by atoms with Gasteiger partial charge in [-0.05, 0) is 38.5 Å². The van der Waals surface area contributed by atoms with Gasteiger partial charge in [-0.3, -0.25) is 4.79 Å². The highest BCUT2D eigenvalue weighted by Gasteiger charge is 2.46. The summed E-state index contributed by atoms with van der Waals surface area (Å²) in [4.78, 5) is 11.7. The van der Waals surface area contributed by atoms with Crippen molar-refractivity contribution in [3.8, 4) is 0 Å². The number of carbonyl (C=O) groups is 1. The highest BCUT2D eigenvalue weighted by molar-refractivity contribution is 5.87. The molecule has 1 unspecified atom stereocenters. The molecule has 0 aromatic carbocycles. The van der Waals surface area contributed by atoms with E-state index in [1.807, 2.05) is 6.92 Å². The molecule has 2 rings (SSSR count). The quantitative estimate of drug-likeness (QED) is 0.573. The van der Waals surface area contributed by atoms with E-state index >= 15 is 0 Å². The standard InChI is InChI=1S/C11H16O/c1-7(2)5-10-8-3-4-9(6-8)11(10)12/h8-10H,1,3-6H2,2H3/t8-,9+,10?/m0/s1. The maximum absolute atomic E-state index is 11.7. The largest absolute Gasteiger partial charge is 0.299 e. The van der Waals surface area contributed by atoms with Gasteiger partial charge in [-0.2, -0.15) is 0 Å². The highest BCUT2D eigenvalue weighted by atomic mass is 16.1. The van der Waals surface area contributed by atoms with Gasteiger partial charge in [0, 0.05) is 11.8 Å². The lowest BCUT2D eigenvalue weighted by Crippen LogP contribution is -2.21. The molecule has 2 fully saturated rings. The van der Waals surface area contributed by atoms with Crippen LogP contribution < -0.4 is 0 Å². The lowest BCUT2D eigenvalue weighted by Gasteiger charge is -2.19. The predicted octanol–water partition coefficient (Wildman–Crippen LogP) is 2.57. The van der Waals surface area contributed by atoms with Crippen molar-refractivity contribution in [2.75, 3.05) is 0 Å². The first-order valence-corrected chi connectivity index (χ1v) is 4.86. The minimum Gasteiger partial charge on any atom is -0.299 e. The van der Waals surface area contributed by atoms with E-state index in [0.29, 0.717) is 23.5 Å². The zero-order valence-electron chi connectivity index (χ0n) is 7.68. The highest BCUT2D eigenvalue weighted by Crippen LogP contribution is 2.47. The van der Waals surface area contributed by atoms with Crippen LogP contribution in [0.4, 0.5) is 0 Å². The summed E-state index contributed by atoms with van der Waals surface area (Å²) in [5.41, 5.74) is 1.17. The van der Waals surface area contributed by atoms with E-state index < -0.39 is 0 Å². The lowest BCUT2D eigenvalue weighted by molar-refractivity contribution is -0.125. The second kappa shape index (κ2) is 2.72. The molecule has 2 aliphatic carbocycles. The van der Waals surface area contributed by atoms with Gasteiger partial charge in [0.25, 0.3) is 0 Å². The van der Waals surface area contributed by atoms with E-state index in [1.54, 1.807) is 0 Å². The number of ketones is 1. The topological polar surface area (TPSA) is 17.1 Å². The second-order valence-corrected chi connectivity index (χ2v) is 4.44.